The number of nitrogens with zero attached hydrogens (tertiary/aromatic N) is 2. The summed E-state index contributed by atoms with van der Waals surface area (Å²) in [5.41, 5.74) is 1.59. The highest BCUT2D eigenvalue weighted by Crippen LogP contribution is 2.27. The van der Waals surface area contributed by atoms with Gasteiger partial charge in [-0.25, -0.2) is 9.97 Å². The van der Waals surface area contributed by atoms with Crippen LogP contribution in [0.1, 0.15) is 53.5 Å². The molecule has 108 valence electrons. The van der Waals surface area contributed by atoms with Crippen LogP contribution in [0.5, 0.6) is 0 Å². The second-order valence-corrected chi connectivity index (χ2v) is 8.01. The van der Waals surface area contributed by atoms with Gasteiger partial charge in [-0.2, -0.15) is 0 Å². The van der Waals surface area contributed by atoms with Gasteiger partial charge in [-0.05, 0) is 31.4 Å². The Bertz CT molecular complexity index is 379. The Morgan fingerprint density at radius 2 is 1.68 bits per heavy atom. The summed E-state index contributed by atoms with van der Waals surface area (Å²) in [6.45, 7) is 14.3. The van der Waals surface area contributed by atoms with Crippen LogP contribution in [0.4, 0.5) is 0 Å². The minimum Gasteiger partial charge on any atom is -0.308 e. The monoisotopic (exact) mass is 281 g/mol. The predicted octanol–water partition coefficient (Wildman–Crippen LogP) is 3.89. The molecule has 0 atom stereocenters. The second-order valence-electron chi connectivity index (χ2n) is 6.78. The first-order chi connectivity index (χ1) is 8.72. The Hall–Kier alpha value is -0.610. The molecule has 0 fully saturated rings. The maximum Gasteiger partial charge on any atom is 0.187 e. The Labute approximate surface area is 122 Å². The van der Waals surface area contributed by atoms with Gasteiger partial charge in [0.25, 0.3) is 0 Å². The molecule has 19 heavy (non-hydrogen) atoms. The van der Waals surface area contributed by atoms with Crippen molar-refractivity contribution < 1.29 is 0 Å². The minimum atomic E-state index is 0.120. The van der Waals surface area contributed by atoms with Gasteiger partial charge in [-0.1, -0.05) is 39.5 Å². The van der Waals surface area contributed by atoms with Gasteiger partial charge in [0.2, 0.25) is 0 Å². The van der Waals surface area contributed by atoms with Crippen molar-refractivity contribution in [1.29, 1.82) is 0 Å². The van der Waals surface area contributed by atoms with Crippen LogP contribution in [-0.4, -0.2) is 21.3 Å². The lowest BCUT2D eigenvalue weighted by Gasteiger charge is -2.33. The maximum absolute atomic E-state index is 4.36. The minimum absolute atomic E-state index is 0.120. The highest BCUT2D eigenvalue weighted by atomic mass is 32.2. The zero-order chi connectivity index (χ0) is 14.5. The lowest BCUT2D eigenvalue weighted by Crippen LogP contribution is -2.41. The molecule has 3 nitrogen and oxygen atoms in total. The molecule has 0 bridgehead atoms. The molecule has 4 heteroatoms. The Morgan fingerprint density at radius 3 is 2.16 bits per heavy atom. The lowest BCUT2D eigenvalue weighted by atomic mass is 9.82. The number of nitrogens with one attached hydrogen (secondary N) is 1. The van der Waals surface area contributed by atoms with E-state index < -0.39 is 0 Å². The molecule has 1 aromatic rings. The molecule has 0 aliphatic carbocycles. The van der Waals surface area contributed by atoms with Crippen molar-refractivity contribution in [2.45, 2.75) is 65.2 Å². The van der Waals surface area contributed by atoms with Crippen LogP contribution in [0.2, 0.25) is 0 Å². The van der Waals surface area contributed by atoms with Crippen LogP contribution in [-0.2, 0) is 6.54 Å². The van der Waals surface area contributed by atoms with E-state index in [2.05, 4.69) is 56.8 Å². The average molecular weight is 281 g/mol. The highest BCUT2D eigenvalue weighted by Gasteiger charge is 2.24. The van der Waals surface area contributed by atoms with E-state index in [-0.39, 0.29) is 5.54 Å². The van der Waals surface area contributed by atoms with Crippen molar-refractivity contribution in [3.8, 4) is 0 Å². The number of aromatic nitrogens is 2. The fourth-order valence-corrected chi connectivity index (χ4v) is 2.88. The van der Waals surface area contributed by atoms with Crippen molar-refractivity contribution in [2.24, 2.45) is 5.41 Å². The summed E-state index contributed by atoms with van der Waals surface area (Å²) in [6.07, 6.45) is 4.97. The van der Waals surface area contributed by atoms with Crippen molar-refractivity contribution in [2.75, 3.05) is 5.75 Å². The van der Waals surface area contributed by atoms with Gasteiger partial charge in [0.05, 0.1) is 0 Å². The Balaban J connectivity index is 2.51. The van der Waals surface area contributed by atoms with E-state index in [1.165, 1.54) is 0 Å². The van der Waals surface area contributed by atoms with Crippen LogP contribution in [0.3, 0.4) is 0 Å². The zero-order valence-electron chi connectivity index (χ0n) is 13.1. The SMILES string of the molecule is CCSc1ncc(CNC(C)(C)CC(C)(C)C)cn1. The normalized spacial score (nSPS) is 12.7. The van der Waals surface area contributed by atoms with Crippen molar-refractivity contribution in [3.05, 3.63) is 18.0 Å². The van der Waals surface area contributed by atoms with Crippen molar-refractivity contribution in [3.63, 3.8) is 0 Å². The average Bonchev–Trinajstić information content (AvgIpc) is 2.25. The summed E-state index contributed by atoms with van der Waals surface area (Å²) in [7, 11) is 0. The van der Waals surface area contributed by atoms with E-state index in [1.807, 2.05) is 12.4 Å². The standard InChI is InChI=1S/C15H27N3S/c1-7-19-13-16-8-12(9-17-13)10-18-15(5,6)11-14(2,3)4/h8-9,18H,7,10-11H2,1-6H3. The molecule has 0 spiro atoms. The molecule has 0 aliphatic rings. The van der Waals surface area contributed by atoms with Gasteiger partial charge < -0.3 is 5.32 Å². The van der Waals surface area contributed by atoms with Crippen LogP contribution in [0.25, 0.3) is 0 Å². The number of rotatable bonds is 6. The quantitative estimate of drug-likeness (QED) is 0.634. The summed E-state index contributed by atoms with van der Waals surface area (Å²) in [5.74, 6) is 1.01. The molecular weight excluding hydrogens is 254 g/mol. The van der Waals surface area contributed by atoms with Gasteiger partial charge in [-0.3, -0.25) is 0 Å². The van der Waals surface area contributed by atoms with Crippen LogP contribution >= 0.6 is 11.8 Å². The first-order valence-corrected chi connectivity index (χ1v) is 7.89. The van der Waals surface area contributed by atoms with Gasteiger partial charge >= 0.3 is 0 Å². The molecular formula is C15H27N3S. The molecule has 0 saturated heterocycles. The smallest absolute Gasteiger partial charge is 0.187 e. The van der Waals surface area contributed by atoms with E-state index in [4.69, 9.17) is 0 Å². The van der Waals surface area contributed by atoms with E-state index in [1.54, 1.807) is 11.8 Å². The molecule has 1 aromatic heterocycles. The van der Waals surface area contributed by atoms with Gasteiger partial charge in [0, 0.05) is 30.0 Å². The third-order valence-electron chi connectivity index (χ3n) is 2.70. The highest BCUT2D eigenvalue weighted by molar-refractivity contribution is 7.99. The first-order valence-electron chi connectivity index (χ1n) is 6.91. The number of hydrogen-bond donors (Lipinski definition) is 1. The summed E-state index contributed by atoms with van der Waals surface area (Å²) < 4.78 is 0. The topological polar surface area (TPSA) is 37.8 Å². The van der Waals surface area contributed by atoms with E-state index in [0.29, 0.717) is 5.41 Å². The van der Waals surface area contributed by atoms with E-state index in [0.717, 1.165) is 29.4 Å². The molecule has 0 radical (unpaired) electrons. The maximum atomic E-state index is 4.36. The van der Waals surface area contributed by atoms with Gasteiger partial charge in [-0.15, -0.1) is 0 Å². The third-order valence-corrected chi connectivity index (χ3v) is 3.46. The number of thioether (sulfide) groups is 1. The summed E-state index contributed by atoms with van der Waals surface area (Å²) in [4.78, 5) is 8.71. The van der Waals surface area contributed by atoms with Crippen LogP contribution in [0, 0.1) is 5.41 Å². The molecule has 1 N–H and O–H groups in total. The largest absolute Gasteiger partial charge is 0.308 e. The first kappa shape index (κ1) is 16.4. The van der Waals surface area contributed by atoms with E-state index >= 15 is 0 Å². The summed E-state index contributed by atoms with van der Waals surface area (Å²) in [6, 6.07) is 0. The van der Waals surface area contributed by atoms with Gasteiger partial charge in [0.1, 0.15) is 0 Å². The fourth-order valence-electron chi connectivity index (χ4n) is 2.37. The third kappa shape index (κ3) is 6.92. The van der Waals surface area contributed by atoms with E-state index in [9.17, 15) is 0 Å². The fraction of sp³-hybridized carbons (Fsp3) is 0.733. The van der Waals surface area contributed by atoms with Crippen LogP contribution < -0.4 is 5.32 Å². The summed E-state index contributed by atoms with van der Waals surface area (Å²) >= 11 is 1.67. The molecule has 0 amide bonds. The van der Waals surface area contributed by atoms with Crippen molar-refractivity contribution in [1.82, 2.24) is 15.3 Å². The van der Waals surface area contributed by atoms with Gasteiger partial charge in [0.15, 0.2) is 5.16 Å². The zero-order valence-corrected chi connectivity index (χ0v) is 13.9. The number of hydrogen-bond acceptors (Lipinski definition) is 4. The summed E-state index contributed by atoms with van der Waals surface area (Å²) in [5, 5.41) is 4.46. The lowest BCUT2D eigenvalue weighted by molar-refractivity contribution is 0.240. The molecule has 0 unspecified atom stereocenters. The molecule has 0 aromatic carbocycles. The molecule has 1 heterocycles. The Kier molecular flexibility index (Phi) is 5.81. The van der Waals surface area contributed by atoms with Crippen LogP contribution in [0.15, 0.2) is 17.6 Å². The molecule has 0 saturated carbocycles. The Morgan fingerprint density at radius 1 is 1.11 bits per heavy atom. The molecule has 0 aliphatic heterocycles. The van der Waals surface area contributed by atoms with Crippen molar-refractivity contribution >= 4 is 11.8 Å². The predicted molar refractivity (Wildman–Crippen MR) is 83.4 cm³/mol. The molecule has 1 rings (SSSR count). The second kappa shape index (κ2) is 6.71.